The van der Waals surface area contributed by atoms with Crippen molar-refractivity contribution in [3.63, 3.8) is 0 Å². The lowest BCUT2D eigenvalue weighted by atomic mass is 10.2. The molecule has 0 saturated heterocycles. The van der Waals surface area contributed by atoms with Gasteiger partial charge in [-0.2, -0.15) is 5.10 Å². The first-order chi connectivity index (χ1) is 12.7. The fourth-order valence-corrected chi connectivity index (χ4v) is 5.82. The molecule has 134 valence electrons. The summed E-state index contributed by atoms with van der Waals surface area (Å²) in [5.41, 5.74) is 3.76. The predicted octanol–water partition coefficient (Wildman–Crippen LogP) is 4.90. The summed E-state index contributed by atoms with van der Waals surface area (Å²) in [6.45, 7) is 0. The van der Waals surface area contributed by atoms with E-state index in [1.54, 1.807) is 29.3 Å². The summed E-state index contributed by atoms with van der Waals surface area (Å²) < 4.78 is 2.71. The van der Waals surface area contributed by atoms with Crippen LogP contribution in [0.5, 0.6) is 0 Å². The van der Waals surface area contributed by atoms with Crippen molar-refractivity contribution in [2.24, 2.45) is 5.10 Å². The second kappa shape index (κ2) is 10.2. The monoisotopic (exact) mass is 484 g/mol. The standard InChI is InChI=1S/C16H13BrN4OS4/c17-13-7-6-12(25-13)8-18-19-14(22)10-24-16-21-20-15(26-16)23-9-11-4-2-1-3-5-11/h1-8H,9-10H2,(H,19,22)/b18-8-. The quantitative estimate of drug-likeness (QED) is 0.279. The van der Waals surface area contributed by atoms with Crippen LogP contribution in [0.4, 0.5) is 0 Å². The Hall–Kier alpha value is -1.20. The number of benzene rings is 1. The fraction of sp³-hybridized carbons (Fsp3) is 0.125. The van der Waals surface area contributed by atoms with E-state index in [1.807, 2.05) is 30.3 Å². The first-order valence-electron chi connectivity index (χ1n) is 7.39. The molecule has 10 heteroatoms. The smallest absolute Gasteiger partial charge is 0.250 e. The molecule has 0 unspecified atom stereocenters. The van der Waals surface area contributed by atoms with Gasteiger partial charge >= 0.3 is 0 Å². The van der Waals surface area contributed by atoms with E-state index in [0.717, 1.165) is 23.1 Å². The molecule has 5 nitrogen and oxygen atoms in total. The lowest BCUT2D eigenvalue weighted by molar-refractivity contribution is -0.118. The molecule has 2 aromatic heterocycles. The van der Waals surface area contributed by atoms with Crippen molar-refractivity contribution in [2.45, 2.75) is 14.4 Å². The Balaban J connectivity index is 1.40. The van der Waals surface area contributed by atoms with E-state index in [2.05, 4.69) is 48.8 Å². The molecule has 0 atom stereocenters. The van der Waals surface area contributed by atoms with Gasteiger partial charge in [0.05, 0.1) is 15.8 Å². The lowest BCUT2D eigenvalue weighted by Crippen LogP contribution is -2.19. The zero-order chi connectivity index (χ0) is 18.2. The first-order valence-corrected chi connectivity index (χ1v) is 11.8. The fourth-order valence-electron chi connectivity index (χ4n) is 1.76. The Kier molecular flexibility index (Phi) is 7.69. The van der Waals surface area contributed by atoms with E-state index in [0.29, 0.717) is 0 Å². The van der Waals surface area contributed by atoms with Crippen LogP contribution in [0, 0.1) is 0 Å². The van der Waals surface area contributed by atoms with Crippen molar-refractivity contribution in [2.75, 3.05) is 5.75 Å². The van der Waals surface area contributed by atoms with Crippen LogP contribution in [-0.2, 0) is 10.5 Å². The number of thioether (sulfide) groups is 2. The molecule has 0 fully saturated rings. The molecule has 2 heterocycles. The summed E-state index contributed by atoms with van der Waals surface area (Å²) in [7, 11) is 0. The molecule has 0 aliphatic rings. The predicted molar refractivity (Wildman–Crippen MR) is 114 cm³/mol. The van der Waals surface area contributed by atoms with E-state index in [4.69, 9.17) is 0 Å². The largest absolute Gasteiger partial charge is 0.272 e. The van der Waals surface area contributed by atoms with Crippen LogP contribution in [0.1, 0.15) is 10.4 Å². The van der Waals surface area contributed by atoms with Crippen LogP contribution in [0.2, 0.25) is 0 Å². The van der Waals surface area contributed by atoms with Gasteiger partial charge in [-0.1, -0.05) is 65.2 Å². The number of carbonyl (C=O) groups excluding carboxylic acids is 1. The van der Waals surface area contributed by atoms with E-state index >= 15 is 0 Å². The van der Waals surface area contributed by atoms with Gasteiger partial charge in [0, 0.05) is 10.6 Å². The number of nitrogens with one attached hydrogen (secondary N) is 1. The minimum atomic E-state index is -0.171. The summed E-state index contributed by atoms with van der Waals surface area (Å²) in [5.74, 6) is 0.938. The van der Waals surface area contributed by atoms with Crippen LogP contribution in [0.3, 0.4) is 0 Å². The maximum Gasteiger partial charge on any atom is 0.250 e. The molecule has 0 radical (unpaired) electrons. The lowest BCUT2D eigenvalue weighted by Gasteiger charge is -1.97. The third kappa shape index (κ3) is 6.51. The number of amides is 1. The SMILES string of the molecule is O=C(CSc1nnc(SCc2ccccc2)s1)N/N=C\c1ccc(Br)s1. The van der Waals surface area contributed by atoms with Gasteiger partial charge in [0.1, 0.15) is 0 Å². The second-order valence-corrected chi connectivity index (χ2v) is 10.7. The van der Waals surface area contributed by atoms with E-state index in [1.165, 1.54) is 28.7 Å². The maximum atomic E-state index is 11.8. The number of rotatable bonds is 8. The number of halogens is 1. The second-order valence-electron chi connectivity index (χ2n) is 4.83. The number of nitrogens with zero attached hydrogens (tertiary/aromatic N) is 3. The molecule has 0 spiro atoms. The van der Waals surface area contributed by atoms with E-state index < -0.39 is 0 Å². The van der Waals surface area contributed by atoms with Gasteiger partial charge in [0.25, 0.3) is 5.91 Å². The summed E-state index contributed by atoms with van der Waals surface area (Å²) in [6, 6.07) is 14.1. The van der Waals surface area contributed by atoms with Crippen molar-refractivity contribution in [1.82, 2.24) is 15.6 Å². The number of hydrazone groups is 1. The highest BCUT2D eigenvalue weighted by molar-refractivity contribution is 9.11. The van der Waals surface area contributed by atoms with Crippen molar-refractivity contribution < 1.29 is 4.79 Å². The van der Waals surface area contributed by atoms with E-state index in [9.17, 15) is 4.79 Å². The Bertz CT molecular complexity index is 881. The summed E-state index contributed by atoms with van der Waals surface area (Å²) in [4.78, 5) is 12.8. The number of hydrogen-bond acceptors (Lipinski definition) is 8. The van der Waals surface area contributed by atoms with Gasteiger partial charge in [-0.25, -0.2) is 5.43 Å². The van der Waals surface area contributed by atoms with Gasteiger partial charge in [0.2, 0.25) is 0 Å². The highest BCUT2D eigenvalue weighted by Gasteiger charge is 2.08. The van der Waals surface area contributed by atoms with Crippen LogP contribution >= 0.6 is 62.1 Å². The number of thiophene rings is 1. The Morgan fingerprint density at radius 3 is 2.62 bits per heavy atom. The highest BCUT2D eigenvalue weighted by atomic mass is 79.9. The highest BCUT2D eigenvalue weighted by Crippen LogP contribution is 2.30. The average molecular weight is 485 g/mol. The molecule has 1 amide bonds. The Morgan fingerprint density at radius 1 is 1.12 bits per heavy atom. The van der Waals surface area contributed by atoms with Crippen LogP contribution in [-0.4, -0.2) is 28.1 Å². The van der Waals surface area contributed by atoms with Crippen LogP contribution < -0.4 is 5.43 Å². The van der Waals surface area contributed by atoms with Crippen LogP contribution in [0.15, 0.2) is 60.0 Å². The Morgan fingerprint density at radius 2 is 1.88 bits per heavy atom. The van der Waals surface area contributed by atoms with Gasteiger partial charge in [0.15, 0.2) is 8.68 Å². The summed E-state index contributed by atoms with van der Waals surface area (Å²) >= 11 is 9.44. The molecular formula is C16H13BrN4OS4. The zero-order valence-corrected chi connectivity index (χ0v) is 18.1. The molecule has 3 rings (SSSR count). The van der Waals surface area contributed by atoms with Crippen molar-refractivity contribution >= 4 is 74.2 Å². The molecule has 26 heavy (non-hydrogen) atoms. The van der Waals surface area contributed by atoms with Crippen molar-refractivity contribution in [3.8, 4) is 0 Å². The topological polar surface area (TPSA) is 67.2 Å². The average Bonchev–Trinajstić information content (AvgIpc) is 3.28. The summed E-state index contributed by atoms with van der Waals surface area (Å²) in [5, 5.41) is 12.2. The zero-order valence-electron chi connectivity index (χ0n) is 13.3. The first kappa shape index (κ1) is 19.6. The molecule has 1 aromatic carbocycles. The third-order valence-electron chi connectivity index (χ3n) is 2.89. The number of carbonyl (C=O) groups is 1. The number of hydrogen-bond donors (Lipinski definition) is 1. The Labute approximate surface area is 175 Å². The van der Waals surface area contributed by atoms with Crippen molar-refractivity contribution in [1.29, 1.82) is 0 Å². The summed E-state index contributed by atoms with van der Waals surface area (Å²) in [6.07, 6.45) is 1.63. The minimum absolute atomic E-state index is 0.171. The molecule has 3 aromatic rings. The molecule has 0 bridgehead atoms. The molecule has 0 aliphatic heterocycles. The molecule has 0 saturated carbocycles. The molecule has 0 aliphatic carbocycles. The minimum Gasteiger partial charge on any atom is -0.272 e. The third-order valence-corrected chi connectivity index (χ3v) is 7.71. The van der Waals surface area contributed by atoms with Gasteiger partial charge in [-0.15, -0.1) is 21.5 Å². The van der Waals surface area contributed by atoms with Gasteiger partial charge in [-0.05, 0) is 33.6 Å². The van der Waals surface area contributed by atoms with Gasteiger partial charge < -0.3 is 0 Å². The molecular weight excluding hydrogens is 472 g/mol. The van der Waals surface area contributed by atoms with Crippen molar-refractivity contribution in [3.05, 3.63) is 56.7 Å². The van der Waals surface area contributed by atoms with E-state index in [-0.39, 0.29) is 11.7 Å². The maximum absolute atomic E-state index is 11.8. The van der Waals surface area contributed by atoms with Gasteiger partial charge in [-0.3, -0.25) is 4.79 Å². The number of aromatic nitrogens is 2. The molecule has 1 N–H and O–H groups in total. The van der Waals surface area contributed by atoms with Crippen LogP contribution in [0.25, 0.3) is 0 Å². The normalized spacial score (nSPS) is 11.1.